The Morgan fingerprint density at radius 3 is 2.88 bits per heavy atom. The van der Waals surface area contributed by atoms with Crippen LogP contribution >= 0.6 is 0 Å². The second-order valence-electron chi connectivity index (χ2n) is 4.61. The van der Waals surface area contributed by atoms with Crippen molar-refractivity contribution in [3.63, 3.8) is 0 Å². The minimum Gasteiger partial charge on any atom is -0.368 e. The monoisotopic (exact) mass is 227 g/mol. The molecule has 1 heterocycles. The molecule has 1 amide bonds. The first kappa shape index (κ1) is 13.5. The lowest BCUT2D eigenvalue weighted by Crippen LogP contribution is -2.50. The van der Waals surface area contributed by atoms with Gasteiger partial charge in [0, 0.05) is 12.6 Å². The van der Waals surface area contributed by atoms with E-state index in [1.54, 1.807) is 0 Å². The Balaban J connectivity index is 2.43. The van der Waals surface area contributed by atoms with E-state index in [1.165, 1.54) is 19.3 Å². The van der Waals surface area contributed by atoms with E-state index in [-0.39, 0.29) is 11.9 Å². The van der Waals surface area contributed by atoms with Gasteiger partial charge in [-0.25, -0.2) is 0 Å². The molecule has 1 saturated heterocycles. The molecule has 0 aromatic heterocycles. The molecule has 1 fully saturated rings. The molecule has 0 spiro atoms. The van der Waals surface area contributed by atoms with Crippen molar-refractivity contribution in [3.05, 3.63) is 0 Å². The molecule has 0 bridgehead atoms. The second-order valence-corrected chi connectivity index (χ2v) is 4.61. The van der Waals surface area contributed by atoms with Crippen LogP contribution in [0, 0.1) is 0 Å². The summed E-state index contributed by atoms with van der Waals surface area (Å²) in [6.45, 7) is 7.04. The molecule has 4 heteroatoms. The van der Waals surface area contributed by atoms with Crippen LogP contribution in [0.4, 0.5) is 0 Å². The van der Waals surface area contributed by atoms with E-state index in [1.807, 2.05) is 0 Å². The van der Waals surface area contributed by atoms with Crippen molar-refractivity contribution in [2.75, 3.05) is 19.6 Å². The van der Waals surface area contributed by atoms with Gasteiger partial charge in [0.2, 0.25) is 5.91 Å². The van der Waals surface area contributed by atoms with Crippen LogP contribution in [0.15, 0.2) is 0 Å². The molecule has 3 N–H and O–H groups in total. The first-order chi connectivity index (χ1) is 7.69. The van der Waals surface area contributed by atoms with Crippen LogP contribution in [0.25, 0.3) is 0 Å². The van der Waals surface area contributed by atoms with Crippen molar-refractivity contribution in [2.45, 2.75) is 51.6 Å². The average molecular weight is 227 g/mol. The predicted octanol–water partition coefficient (Wildman–Crippen LogP) is 0.714. The minimum atomic E-state index is -0.227. The predicted molar refractivity (Wildman–Crippen MR) is 66.2 cm³/mol. The summed E-state index contributed by atoms with van der Waals surface area (Å²) in [5, 5.41) is 3.22. The number of nitrogens with two attached hydrogens (primary N) is 1. The van der Waals surface area contributed by atoms with Crippen LogP contribution in [0.1, 0.15) is 39.5 Å². The first-order valence-electron chi connectivity index (χ1n) is 6.45. The zero-order chi connectivity index (χ0) is 12.0. The van der Waals surface area contributed by atoms with Gasteiger partial charge in [-0.2, -0.15) is 0 Å². The molecule has 0 aliphatic carbocycles. The molecule has 2 atom stereocenters. The van der Waals surface area contributed by atoms with Gasteiger partial charge in [0.15, 0.2) is 0 Å². The maximum Gasteiger partial charge on any atom is 0.235 e. The van der Waals surface area contributed by atoms with E-state index >= 15 is 0 Å². The first-order valence-corrected chi connectivity index (χ1v) is 6.45. The van der Waals surface area contributed by atoms with Crippen LogP contribution in [-0.2, 0) is 4.79 Å². The van der Waals surface area contributed by atoms with Gasteiger partial charge in [-0.1, -0.05) is 13.8 Å². The normalized spacial score (nSPS) is 23.5. The highest BCUT2D eigenvalue weighted by Crippen LogP contribution is 2.19. The molecule has 1 aliphatic rings. The third-order valence-corrected chi connectivity index (χ3v) is 3.37. The van der Waals surface area contributed by atoms with Gasteiger partial charge in [0.05, 0.1) is 6.04 Å². The molecule has 0 aromatic carbocycles. The molecule has 94 valence electrons. The Bertz CT molecular complexity index is 220. The van der Waals surface area contributed by atoms with Crippen LogP contribution in [0.3, 0.4) is 0 Å². The molecule has 1 aliphatic heterocycles. The lowest BCUT2D eigenvalue weighted by molar-refractivity contribution is -0.120. The van der Waals surface area contributed by atoms with E-state index < -0.39 is 0 Å². The van der Waals surface area contributed by atoms with E-state index in [2.05, 4.69) is 24.1 Å². The Labute approximate surface area is 98.6 Å². The van der Waals surface area contributed by atoms with Crippen LogP contribution < -0.4 is 11.1 Å². The number of likely N-dealkylation sites (tertiary alicyclic amines) is 1. The number of primary amides is 1. The van der Waals surface area contributed by atoms with Gasteiger partial charge in [0.25, 0.3) is 0 Å². The largest absolute Gasteiger partial charge is 0.368 e. The molecule has 0 saturated carbocycles. The summed E-state index contributed by atoms with van der Waals surface area (Å²) >= 11 is 0. The molecule has 0 radical (unpaired) electrons. The fourth-order valence-electron chi connectivity index (χ4n) is 2.41. The number of hydrogen-bond donors (Lipinski definition) is 2. The summed E-state index contributed by atoms with van der Waals surface area (Å²) in [6, 6.07) is 0.456. The van der Waals surface area contributed by atoms with Gasteiger partial charge in [-0.05, 0) is 38.8 Å². The van der Waals surface area contributed by atoms with Crippen molar-refractivity contribution in [1.29, 1.82) is 0 Å². The molecular weight excluding hydrogens is 202 g/mol. The van der Waals surface area contributed by atoms with Crippen LogP contribution in [0.2, 0.25) is 0 Å². The van der Waals surface area contributed by atoms with Gasteiger partial charge in [-0.15, -0.1) is 0 Å². The molecular formula is C12H25N3O. The summed E-state index contributed by atoms with van der Waals surface area (Å²) in [5.41, 5.74) is 5.41. The standard InChI is InChI=1S/C12H25N3O/c1-3-7-14-11(12(13)16)9-15-8-5-6-10(15)4-2/h10-11,14H,3-9H2,1-2H3,(H2,13,16). The number of carbonyl (C=O) groups is 1. The van der Waals surface area contributed by atoms with Crippen LogP contribution in [0.5, 0.6) is 0 Å². The van der Waals surface area contributed by atoms with Gasteiger partial charge < -0.3 is 11.1 Å². The molecule has 2 unspecified atom stereocenters. The maximum atomic E-state index is 11.3. The Kier molecular flexibility index (Phi) is 5.77. The van der Waals surface area contributed by atoms with Gasteiger partial charge in [-0.3, -0.25) is 9.69 Å². The Morgan fingerprint density at radius 1 is 1.56 bits per heavy atom. The number of rotatable bonds is 7. The molecule has 0 aromatic rings. The van der Waals surface area contributed by atoms with Crippen molar-refractivity contribution in [3.8, 4) is 0 Å². The summed E-state index contributed by atoms with van der Waals surface area (Å²) in [6.07, 6.45) is 4.70. The number of nitrogens with zero attached hydrogens (tertiary/aromatic N) is 1. The molecule has 1 rings (SSSR count). The topological polar surface area (TPSA) is 58.4 Å². The zero-order valence-electron chi connectivity index (χ0n) is 10.5. The zero-order valence-corrected chi connectivity index (χ0v) is 10.5. The maximum absolute atomic E-state index is 11.3. The quantitative estimate of drug-likeness (QED) is 0.673. The summed E-state index contributed by atoms with van der Waals surface area (Å²) in [4.78, 5) is 13.7. The van der Waals surface area contributed by atoms with E-state index in [4.69, 9.17) is 5.73 Å². The third-order valence-electron chi connectivity index (χ3n) is 3.37. The second kappa shape index (κ2) is 6.86. The molecule has 4 nitrogen and oxygen atoms in total. The van der Waals surface area contributed by atoms with Crippen LogP contribution in [-0.4, -0.2) is 42.5 Å². The average Bonchev–Trinajstić information content (AvgIpc) is 2.70. The van der Waals surface area contributed by atoms with Gasteiger partial charge >= 0.3 is 0 Å². The fourth-order valence-corrected chi connectivity index (χ4v) is 2.41. The van der Waals surface area contributed by atoms with E-state index in [0.29, 0.717) is 6.04 Å². The van der Waals surface area contributed by atoms with Crippen molar-refractivity contribution in [2.24, 2.45) is 5.73 Å². The highest BCUT2D eigenvalue weighted by atomic mass is 16.1. The highest BCUT2D eigenvalue weighted by Gasteiger charge is 2.26. The summed E-state index contributed by atoms with van der Waals surface area (Å²) in [5.74, 6) is -0.227. The fraction of sp³-hybridized carbons (Fsp3) is 0.917. The Hall–Kier alpha value is -0.610. The number of carbonyl (C=O) groups excluding carboxylic acids is 1. The smallest absolute Gasteiger partial charge is 0.235 e. The van der Waals surface area contributed by atoms with Gasteiger partial charge in [0.1, 0.15) is 0 Å². The SMILES string of the molecule is CCCNC(CN1CCCC1CC)C(N)=O. The number of amides is 1. The minimum absolute atomic E-state index is 0.188. The van der Waals surface area contributed by atoms with E-state index in [9.17, 15) is 4.79 Å². The number of hydrogen-bond acceptors (Lipinski definition) is 3. The lowest BCUT2D eigenvalue weighted by Gasteiger charge is -2.27. The Morgan fingerprint density at radius 2 is 2.31 bits per heavy atom. The van der Waals surface area contributed by atoms with Crippen molar-refractivity contribution in [1.82, 2.24) is 10.2 Å². The van der Waals surface area contributed by atoms with E-state index in [0.717, 1.165) is 26.1 Å². The molecule has 16 heavy (non-hydrogen) atoms. The third kappa shape index (κ3) is 3.76. The number of nitrogens with one attached hydrogen (secondary N) is 1. The lowest BCUT2D eigenvalue weighted by atomic mass is 10.1. The summed E-state index contributed by atoms with van der Waals surface area (Å²) in [7, 11) is 0. The summed E-state index contributed by atoms with van der Waals surface area (Å²) < 4.78 is 0. The highest BCUT2D eigenvalue weighted by molar-refractivity contribution is 5.80. The van der Waals surface area contributed by atoms with Crippen molar-refractivity contribution >= 4 is 5.91 Å². The van der Waals surface area contributed by atoms with Crippen molar-refractivity contribution < 1.29 is 4.79 Å².